The maximum atomic E-state index is 6.93. The van der Waals surface area contributed by atoms with Gasteiger partial charge in [0.25, 0.3) is 0 Å². The lowest BCUT2D eigenvalue weighted by Gasteiger charge is -2.37. The zero-order chi connectivity index (χ0) is 26.4. The van der Waals surface area contributed by atoms with Gasteiger partial charge in [-0.3, -0.25) is 0 Å². The molecule has 0 heterocycles. The fraction of sp³-hybridized carbons (Fsp3) is 0.455. The van der Waals surface area contributed by atoms with Crippen LogP contribution in [0.1, 0.15) is 81.8 Å². The second-order valence-corrected chi connectivity index (χ2v) is 12.6. The average Bonchev–Trinajstić information content (AvgIpc) is 2.86. The van der Waals surface area contributed by atoms with Crippen molar-refractivity contribution in [2.45, 2.75) is 71.3 Å². The lowest BCUT2D eigenvalue weighted by molar-refractivity contribution is -0.0212. The van der Waals surface area contributed by atoms with E-state index in [9.17, 15) is 0 Å². The number of aryl methyl sites for hydroxylation is 1. The van der Waals surface area contributed by atoms with Crippen LogP contribution in [0.25, 0.3) is 0 Å². The molecule has 0 saturated carbocycles. The molecule has 2 nitrogen and oxygen atoms in total. The summed E-state index contributed by atoms with van der Waals surface area (Å²) in [6.07, 6.45) is 1.01. The van der Waals surface area contributed by atoms with Crippen molar-refractivity contribution in [2.75, 3.05) is 24.2 Å². The first-order chi connectivity index (χ1) is 17.0. The fourth-order valence-electron chi connectivity index (χ4n) is 4.55. The van der Waals surface area contributed by atoms with Crippen LogP contribution >= 0.6 is 22.6 Å². The summed E-state index contributed by atoms with van der Waals surface area (Å²) in [6, 6.07) is 26.9. The first-order valence-electron chi connectivity index (χ1n) is 13.1. The molecule has 0 saturated heterocycles. The number of benzene rings is 3. The fourth-order valence-corrected chi connectivity index (χ4v) is 4.86. The smallest absolute Gasteiger partial charge is 0.143 e. The molecule has 0 unspecified atom stereocenters. The van der Waals surface area contributed by atoms with Crippen LogP contribution in [0, 0.1) is 0 Å². The molecule has 0 amide bonds. The number of rotatable bonds is 10. The molecule has 0 aliphatic carbocycles. The van der Waals surface area contributed by atoms with Gasteiger partial charge in [0.05, 0.1) is 19.8 Å². The summed E-state index contributed by atoms with van der Waals surface area (Å²) in [5, 5.41) is 0. The van der Waals surface area contributed by atoms with Crippen LogP contribution in [-0.2, 0) is 32.3 Å². The topological polar surface area (TPSA) is 18.5 Å². The molecule has 0 spiro atoms. The Morgan fingerprint density at radius 2 is 0.944 bits per heavy atom. The van der Waals surface area contributed by atoms with E-state index in [4.69, 9.17) is 9.47 Å². The van der Waals surface area contributed by atoms with E-state index in [0.29, 0.717) is 13.2 Å². The van der Waals surface area contributed by atoms with Crippen LogP contribution in [0.15, 0.2) is 72.8 Å². The van der Waals surface area contributed by atoms with E-state index in [-0.39, 0.29) is 10.8 Å². The first-order valence-corrected chi connectivity index (χ1v) is 14.6. The maximum absolute atomic E-state index is 6.93. The van der Waals surface area contributed by atoms with Gasteiger partial charge in [-0.05, 0) is 50.6 Å². The van der Waals surface area contributed by atoms with Crippen molar-refractivity contribution < 1.29 is 9.47 Å². The average molecular weight is 599 g/mol. The summed E-state index contributed by atoms with van der Waals surface area (Å²) in [5.41, 5.74) is 6.81. The summed E-state index contributed by atoms with van der Waals surface area (Å²) < 4.78 is 13.7. The zero-order valence-electron chi connectivity index (χ0n) is 23.2. The molecule has 194 valence electrons. The molecule has 3 aromatic carbocycles. The third kappa shape index (κ3) is 6.79. The second kappa shape index (κ2) is 12.2. The van der Waals surface area contributed by atoms with Crippen molar-refractivity contribution in [2.24, 2.45) is 0 Å². The van der Waals surface area contributed by atoms with Gasteiger partial charge in [0.2, 0.25) is 0 Å². The summed E-state index contributed by atoms with van der Waals surface area (Å²) >= 11 is 2.34. The van der Waals surface area contributed by atoms with E-state index in [0.717, 1.165) is 34.1 Å². The van der Waals surface area contributed by atoms with Gasteiger partial charge in [-0.15, -0.1) is 0 Å². The standard InChI is InChI=1S/C33H43IO2/c1-8-25-9-11-28(12-10-25)33(36-24-23-35-22-21-34,29-17-13-26(14-18-29)31(2,3)4)30-19-15-27(16-20-30)32(5,6)7/h9-20H,8,21-24H2,1-7H3. The highest BCUT2D eigenvalue weighted by Gasteiger charge is 2.38. The van der Waals surface area contributed by atoms with Gasteiger partial charge < -0.3 is 9.47 Å². The monoisotopic (exact) mass is 598 g/mol. The Balaban J connectivity index is 2.19. The third-order valence-electron chi connectivity index (χ3n) is 6.85. The molecular formula is C33H43IO2. The Kier molecular flexibility index (Phi) is 9.81. The van der Waals surface area contributed by atoms with E-state index in [2.05, 4.69) is 144 Å². The molecule has 0 aliphatic heterocycles. The predicted molar refractivity (Wildman–Crippen MR) is 162 cm³/mol. The Morgan fingerprint density at radius 1 is 0.556 bits per heavy atom. The minimum Gasteiger partial charge on any atom is -0.378 e. The Labute approximate surface area is 233 Å². The molecule has 36 heavy (non-hydrogen) atoms. The molecule has 0 atom stereocenters. The van der Waals surface area contributed by atoms with E-state index in [1.165, 1.54) is 16.7 Å². The van der Waals surface area contributed by atoms with Gasteiger partial charge in [0.15, 0.2) is 0 Å². The molecule has 3 aromatic rings. The highest BCUT2D eigenvalue weighted by Crippen LogP contribution is 2.42. The molecule has 3 heteroatoms. The number of hydrogen-bond donors (Lipinski definition) is 0. The number of hydrogen-bond acceptors (Lipinski definition) is 2. The lowest BCUT2D eigenvalue weighted by Crippen LogP contribution is -2.34. The lowest BCUT2D eigenvalue weighted by atomic mass is 9.77. The van der Waals surface area contributed by atoms with Crippen LogP contribution in [0.5, 0.6) is 0 Å². The van der Waals surface area contributed by atoms with Gasteiger partial charge in [0, 0.05) is 4.43 Å². The van der Waals surface area contributed by atoms with Gasteiger partial charge in [-0.2, -0.15) is 0 Å². The van der Waals surface area contributed by atoms with Gasteiger partial charge in [0.1, 0.15) is 5.60 Å². The molecular weight excluding hydrogens is 555 g/mol. The van der Waals surface area contributed by atoms with Crippen LogP contribution < -0.4 is 0 Å². The highest BCUT2D eigenvalue weighted by molar-refractivity contribution is 14.1. The maximum Gasteiger partial charge on any atom is 0.143 e. The number of ether oxygens (including phenoxy) is 2. The first kappa shape index (κ1) is 28.9. The Morgan fingerprint density at radius 3 is 1.31 bits per heavy atom. The van der Waals surface area contributed by atoms with Crippen LogP contribution in [-0.4, -0.2) is 24.2 Å². The SMILES string of the molecule is CCc1ccc(C(OCCOCCI)(c2ccc(C(C)(C)C)cc2)c2ccc(C(C)(C)C)cc2)cc1. The van der Waals surface area contributed by atoms with Crippen LogP contribution in [0.3, 0.4) is 0 Å². The van der Waals surface area contributed by atoms with Crippen LogP contribution in [0.2, 0.25) is 0 Å². The van der Waals surface area contributed by atoms with Gasteiger partial charge in [-0.25, -0.2) is 0 Å². The molecule has 3 rings (SSSR count). The van der Waals surface area contributed by atoms with E-state index in [1.807, 2.05) is 0 Å². The summed E-state index contributed by atoms with van der Waals surface area (Å²) in [5.74, 6) is 0. The Hall–Kier alpha value is -1.69. The van der Waals surface area contributed by atoms with E-state index < -0.39 is 5.60 Å². The number of alkyl halides is 1. The van der Waals surface area contributed by atoms with Crippen molar-refractivity contribution >= 4 is 22.6 Å². The second-order valence-electron chi connectivity index (χ2n) is 11.5. The third-order valence-corrected chi connectivity index (χ3v) is 7.29. The molecule has 0 N–H and O–H groups in total. The Bertz CT molecular complexity index is 1010. The zero-order valence-corrected chi connectivity index (χ0v) is 25.3. The quantitative estimate of drug-likeness (QED) is 0.101. The van der Waals surface area contributed by atoms with Gasteiger partial charge in [-0.1, -0.05) is 144 Å². The largest absolute Gasteiger partial charge is 0.378 e. The molecule has 0 radical (unpaired) electrons. The van der Waals surface area contributed by atoms with Crippen molar-refractivity contribution in [3.63, 3.8) is 0 Å². The van der Waals surface area contributed by atoms with Crippen LogP contribution in [0.4, 0.5) is 0 Å². The van der Waals surface area contributed by atoms with Crippen molar-refractivity contribution in [3.05, 3.63) is 106 Å². The molecule has 0 aromatic heterocycles. The van der Waals surface area contributed by atoms with Gasteiger partial charge >= 0.3 is 0 Å². The van der Waals surface area contributed by atoms with E-state index in [1.54, 1.807) is 0 Å². The van der Waals surface area contributed by atoms with E-state index >= 15 is 0 Å². The summed E-state index contributed by atoms with van der Waals surface area (Å²) in [4.78, 5) is 0. The van der Waals surface area contributed by atoms with Crippen molar-refractivity contribution in [3.8, 4) is 0 Å². The minimum atomic E-state index is -0.729. The van der Waals surface area contributed by atoms with Crippen molar-refractivity contribution in [1.82, 2.24) is 0 Å². The highest BCUT2D eigenvalue weighted by atomic mass is 127. The summed E-state index contributed by atoms with van der Waals surface area (Å²) in [6.45, 7) is 17.5. The normalized spacial score (nSPS) is 12.7. The predicted octanol–water partition coefficient (Wildman–Crippen LogP) is 8.60. The molecule has 0 aliphatic rings. The number of halogens is 1. The molecule has 0 fully saturated rings. The van der Waals surface area contributed by atoms with Crippen molar-refractivity contribution in [1.29, 1.82) is 0 Å². The minimum absolute atomic E-state index is 0.0897. The summed E-state index contributed by atoms with van der Waals surface area (Å²) in [7, 11) is 0. The molecule has 0 bridgehead atoms.